The molecule has 2 rings (SSSR count). The Balaban J connectivity index is 2.15. The van der Waals surface area contributed by atoms with E-state index in [0.717, 1.165) is 0 Å². The van der Waals surface area contributed by atoms with Crippen molar-refractivity contribution in [1.82, 2.24) is 0 Å². The highest BCUT2D eigenvalue weighted by molar-refractivity contribution is 6.37. The van der Waals surface area contributed by atoms with Gasteiger partial charge in [-0.3, -0.25) is 0 Å². The Morgan fingerprint density at radius 1 is 1.10 bits per heavy atom. The van der Waals surface area contributed by atoms with Crippen LogP contribution in [0.3, 0.4) is 0 Å². The van der Waals surface area contributed by atoms with Crippen LogP contribution in [-0.2, 0) is 11.3 Å². The molecular formula is C14H10Cl3NO2. The lowest BCUT2D eigenvalue weighted by Crippen LogP contribution is -2.09. The minimum absolute atomic E-state index is 0.0437. The van der Waals surface area contributed by atoms with Crippen LogP contribution in [0.4, 0.5) is 5.69 Å². The molecule has 0 aliphatic heterocycles. The summed E-state index contributed by atoms with van der Waals surface area (Å²) in [5.41, 5.74) is 6.71. The highest BCUT2D eigenvalue weighted by Crippen LogP contribution is 2.28. The fourth-order valence-electron chi connectivity index (χ4n) is 1.59. The summed E-state index contributed by atoms with van der Waals surface area (Å²) >= 11 is 17.7. The number of hydrogen-bond donors (Lipinski definition) is 1. The maximum absolute atomic E-state index is 12.0. The third-order valence-corrected chi connectivity index (χ3v) is 3.53. The van der Waals surface area contributed by atoms with Crippen LogP contribution in [0.15, 0.2) is 36.4 Å². The van der Waals surface area contributed by atoms with Gasteiger partial charge in [-0.05, 0) is 18.2 Å². The van der Waals surface area contributed by atoms with Gasteiger partial charge in [0.1, 0.15) is 6.61 Å². The largest absolute Gasteiger partial charge is 0.457 e. The zero-order valence-corrected chi connectivity index (χ0v) is 12.5. The minimum atomic E-state index is -0.605. The monoisotopic (exact) mass is 329 g/mol. The normalized spacial score (nSPS) is 10.3. The molecular weight excluding hydrogens is 321 g/mol. The van der Waals surface area contributed by atoms with Crippen molar-refractivity contribution in [2.75, 3.05) is 5.73 Å². The highest BCUT2D eigenvalue weighted by Gasteiger charge is 2.15. The van der Waals surface area contributed by atoms with Crippen molar-refractivity contribution in [3.05, 3.63) is 62.6 Å². The summed E-state index contributed by atoms with van der Waals surface area (Å²) in [6.45, 7) is 0.0437. The van der Waals surface area contributed by atoms with Crippen LogP contribution < -0.4 is 5.73 Å². The van der Waals surface area contributed by atoms with Crippen molar-refractivity contribution < 1.29 is 9.53 Å². The Bertz CT molecular complexity index is 659. The van der Waals surface area contributed by atoms with Crippen LogP contribution >= 0.6 is 34.8 Å². The number of hydrogen-bond acceptors (Lipinski definition) is 3. The molecule has 0 saturated heterocycles. The van der Waals surface area contributed by atoms with E-state index < -0.39 is 5.97 Å². The van der Waals surface area contributed by atoms with Gasteiger partial charge in [-0.15, -0.1) is 0 Å². The van der Waals surface area contributed by atoms with Crippen LogP contribution in [0, 0.1) is 0 Å². The number of benzene rings is 2. The zero-order valence-electron chi connectivity index (χ0n) is 10.2. The van der Waals surface area contributed by atoms with Gasteiger partial charge in [-0.1, -0.05) is 53.0 Å². The maximum atomic E-state index is 12.0. The Morgan fingerprint density at radius 3 is 2.50 bits per heavy atom. The SMILES string of the molecule is Nc1c(Cl)cc(Cl)cc1C(=O)OCc1ccccc1Cl. The molecule has 0 fully saturated rings. The number of carbonyl (C=O) groups excluding carboxylic acids is 1. The van der Waals surface area contributed by atoms with Crippen LogP contribution in [-0.4, -0.2) is 5.97 Å². The van der Waals surface area contributed by atoms with Gasteiger partial charge in [0.05, 0.1) is 16.3 Å². The molecule has 0 radical (unpaired) electrons. The van der Waals surface area contributed by atoms with E-state index in [1.54, 1.807) is 24.3 Å². The molecule has 2 aromatic carbocycles. The number of nitrogens with two attached hydrogens (primary N) is 1. The second-order valence-electron chi connectivity index (χ2n) is 4.02. The van der Waals surface area contributed by atoms with E-state index >= 15 is 0 Å². The van der Waals surface area contributed by atoms with Gasteiger partial charge in [0.15, 0.2) is 0 Å². The van der Waals surface area contributed by atoms with Gasteiger partial charge >= 0.3 is 5.97 Å². The number of esters is 1. The molecule has 2 N–H and O–H groups in total. The molecule has 0 aromatic heterocycles. The maximum Gasteiger partial charge on any atom is 0.340 e. The van der Waals surface area contributed by atoms with Gasteiger partial charge in [-0.2, -0.15) is 0 Å². The number of nitrogen functional groups attached to an aromatic ring is 1. The van der Waals surface area contributed by atoms with Crippen molar-refractivity contribution in [2.45, 2.75) is 6.61 Å². The van der Waals surface area contributed by atoms with Gasteiger partial charge in [-0.25, -0.2) is 4.79 Å². The second kappa shape index (κ2) is 6.35. The van der Waals surface area contributed by atoms with E-state index in [4.69, 9.17) is 45.3 Å². The first-order valence-corrected chi connectivity index (χ1v) is 6.77. The van der Waals surface area contributed by atoms with Crippen LogP contribution in [0.25, 0.3) is 0 Å². The summed E-state index contributed by atoms with van der Waals surface area (Å²) in [4.78, 5) is 12.0. The third-order valence-electron chi connectivity index (χ3n) is 2.63. The Hall–Kier alpha value is -1.42. The lowest BCUT2D eigenvalue weighted by Gasteiger charge is -2.09. The molecule has 0 atom stereocenters. The van der Waals surface area contributed by atoms with E-state index in [-0.39, 0.29) is 22.9 Å². The van der Waals surface area contributed by atoms with Crippen LogP contribution in [0.1, 0.15) is 15.9 Å². The molecule has 6 heteroatoms. The standard InChI is InChI=1S/C14H10Cl3NO2/c15-9-5-10(13(18)12(17)6-9)14(19)20-7-8-3-1-2-4-11(8)16/h1-6H,7,18H2. The first-order chi connectivity index (χ1) is 9.49. The number of rotatable bonds is 3. The first-order valence-electron chi connectivity index (χ1n) is 5.64. The molecule has 0 aliphatic rings. The van der Waals surface area contributed by atoms with E-state index in [2.05, 4.69) is 0 Å². The Kier molecular flexibility index (Phi) is 4.76. The molecule has 104 valence electrons. The molecule has 0 saturated carbocycles. The van der Waals surface area contributed by atoms with E-state index in [0.29, 0.717) is 15.6 Å². The first kappa shape index (κ1) is 15.0. The van der Waals surface area contributed by atoms with Gasteiger partial charge in [0.2, 0.25) is 0 Å². The third kappa shape index (κ3) is 3.37. The molecule has 3 nitrogen and oxygen atoms in total. The average Bonchev–Trinajstić information content (AvgIpc) is 2.41. The summed E-state index contributed by atoms with van der Waals surface area (Å²) < 4.78 is 5.17. The van der Waals surface area contributed by atoms with E-state index in [1.807, 2.05) is 0 Å². The van der Waals surface area contributed by atoms with Crippen LogP contribution in [0.5, 0.6) is 0 Å². The summed E-state index contributed by atoms with van der Waals surface area (Å²) in [6, 6.07) is 9.96. The van der Waals surface area contributed by atoms with Crippen molar-refractivity contribution in [1.29, 1.82) is 0 Å². The lowest BCUT2D eigenvalue weighted by molar-refractivity contribution is 0.0474. The summed E-state index contributed by atoms with van der Waals surface area (Å²) in [5.74, 6) is -0.605. The lowest BCUT2D eigenvalue weighted by atomic mass is 10.2. The smallest absolute Gasteiger partial charge is 0.340 e. The van der Waals surface area contributed by atoms with Gasteiger partial charge < -0.3 is 10.5 Å². The molecule has 20 heavy (non-hydrogen) atoms. The molecule has 2 aromatic rings. The van der Waals surface area contributed by atoms with Crippen molar-refractivity contribution >= 4 is 46.5 Å². The molecule has 0 spiro atoms. The van der Waals surface area contributed by atoms with Gasteiger partial charge in [0, 0.05) is 15.6 Å². The minimum Gasteiger partial charge on any atom is -0.457 e. The number of halogens is 3. The van der Waals surface area contributed by atoms with Crippen LogP contribution in [0.2, 0.25) is 15.1 Å². The van der Waals surface area contributed by atoms with E-state index in [1.165, 1.54) is 12.1 Å². The average molecular weight is 331 g/mol. The fourth-order valence-corrected chi connectivity index (χ4v) is 2.27. The Labute approximate surface area is 131 Å². The predicted molar refractivity (Wildman–Crippen MR) is 81.4 cm³/mol. The molecule has 0 heterocycles. The van der Waals surface area contributed by atoms with E-state index in [9.17, 15) is 4.79 Å². The topological polar surface area (TPSA) is 52.3 Å². The fraction of sp³-hybridized carbons (Fsp3) is 0.0714. The Morgan fingerprint density at radius 2 is 1.80 bits per heavy atom. The molecule has 0 unspecified atom stereocenters. The van der Waals surface area contributed by atoms with Gasteiger partial charge in [0.25, 0.3) is 0 Å². The predicted octanol–water partition coefficient (Wildman–Crippen LogP) is 4.59. The summed E-state index contributed by atoms with van der Waals surface area (Å²) in [5, 5.41) is 1.05. The second-order valence-corrected chi connectivity index (χ2v) is 5.27. The molecule has 0 bridgehead atoms. The molecule has 0 aliphatic carbocycles. The quantitative estimate of drug-likeness (QED) is 0.661. The van der Waals surface area contributed by atoms with Crippen molar-refractivity contribution in [3.63, 3.8) is 0 Å². The summed E-state index contributed by atoms with van der Waals surface area (Å²) in [6.07, 6.45) is 0. The van der Waals surface area contributed by atoms with Crippen molar-refractivity contribution in [2.24, 2.45) is 0 Å². The molecule has 0 amide bonds. The number of carbonyl (C=O) groups is 1. The zero-order chi connectivity index (χ0) is 14.7. The number of ether oxygens (including phenoxy) is 1. The number of anilines is 1. The summed E-state index contributed by atoms with van der Waals surface area (Å²) in [7, 11) is 0. The van der Waals surface area contributed by atoms with Crippen molar-refractivity contribution in [3.8, 4) is 0 Å². The highest BCUT2D eigenvalue weighted by atomic mass is 35.5.